The minimum atomic E-state index is -3.71. The van der Waals surface area contributed by atoms with Crippen molar-refractivity contribution in [3.63, 3.8) is 0 Å². The van der Waals surface area contributed by atoms with Gasteiger partial charge >= 0.3 is 5.97 Å². The van der Waals surface area contributed by atoms with Crippen LogP contribution < -0.4 is 4.90 Å². The molecule has 0 spiro atoms. The molecule has 2 rings (SSSR count). The largest absolute Gasteiger partial charge is 0.452 e. The highest BCUT2D eigenvalue weighted by Gasteiger charge is 2.27. The van der Waals surface area contributed by atoms with E-state index in [4.69, 9.17) is 4.74 Å². The summed E-state index contributed by atoms with van der Waals surface area (Å²) < 4.78 is 31.5. The molecule has 0 atom stereocenters. The highest BCUT2D eigenvalue weighted by molar-refractivity contribution is 7.89. The summed E-state index contributed by atoms with van der Waals surface area (Å²) in [4.78, 5) is 29.2. The lowest BCUT2D eigenvalue weighted by Gasteiger charge is -2.30. The van der Waals surface area contributed by atoms with E-state index < -0.39 is 16.0 Å². The molecule has 1 aromatic rings. The van der Waals surface area contributed by atoms with Crippen LogP contribution in [0.3, 0.4) is 0 Å². The number of nitrogens with zero attached hydrogens (tertiary/aromatic N) is 3. The molecule has 9 heteroatoms. The number of rotatable bonds is 8. The van der Waals surface area contributed by atoms with Crippen molar-refractivity contribution in [3.8, 4) is 0 Å². The number of esters is 1. The highest BCUT2D eigenvalue weighted by Crippen LogP contribution is 2.28. The van der Waals surface area contributed by atoms with Gasteiger partial charge in [0.1, 0.15) is 0 Å². The van der Waals surface area contributed by atoms with Crippen molar-refractivity contribution in [2.75, 3.05) is 38.7 Å². The van der Waals surface area contributed by atoms with Crippen LogP contribution in [0.25, 0.3) is 0 Å². The van der Waals surface area contributed by atoms with Gasteiger partial charge in [0.15, 0.2) is 6.61 Å². The molecule has 1 aromatic carbocycles. The molecule has 0 unspecified atom stereocenters. The first-order valence-electron chi connectivity index (χ1n) is 10.3. The van der Waals surface area contributed by atoms with Crippen LogP contribution in [0.5, 0.6) is 0 Å². The molecular formula is C21H33N3O5S. The summed E-state index contributed by atoms with van der Waals surface area (Å²) in [6.07, 6.45) is 2.00. The smallest absolute Gasteiger partial charge is 0.340 e. The minimum absolute atomic E-state index is 0.0136. The second-order valence-corrected chi connectivity index (χ2v) is 10.4. The summed E-state index contributed by atoms with van der Waals surface area (Å²) in [5, 5.41) is 0. The van der Waals surface area contributed by atoms with Crippen molar-refractivity contribution in [1.29, 1.82) is 0 Å². The van der Waals surface area contributed by atoms with E-state index in [-0.39, 0.29) is 35.1 Å². The molecule has 0 aliphatic carbocycles. The first-order valence-corrected chi connectivity index (χ1v) is 11.7. The van der Waals surface area contributed by atoms with E-state index in [1.54, 1.807) is 11.0 Å². The van der Waals surface area contributed by atoms with Gasteiger partial charge in [-0.05, 0) is 58.7 Å². The molecule has 1 amide bonds. The lowest BCUT2D eigenvalue weighted by atomic mass is 10.1. The lowest BCUT2D eigenvalue weighted by molar-refractivity contribution is -0.138. The molecule has 0 N–H and O–H groups in total. The summed E-state index contributed by atoms with van der Waals surface area (Å²) in [7, 11) is -0.834. The van der Waals surface area contributed by atoms with Gasteiger partial charge in [-0.15, -0.1) is 0 Å². The normalized spacial score (nSPS) is 14.6. The van der Waals surface area contributed by atoms with Crippen LogP contribution in [-0.2, 0) is 19.6 Å². The maximum atomic E-state index is 12.9. The molecule has 1 saturated heterocycles. The predicted octanol–water partition coefficient (Wildman–Crippen LogP) is 2.34. The molecule has 1 aliphatic heterocycles. The quantitative estimate of drug-likeness (QED) is 0.578. The number of hydrogen-bond acceptors (Lipinski definition) is 6. The van der Waals surface area contributed by atoms with Crippen LogP contribution in [0.1, 0.15) is 50.9 Å². The van der Waals surface area contributed by atoms with Crippen molar-refractivity contribution in [1.82, 2.24) is 9.21 Å². The molecule has 0 radical (unpaired) electrons. The van der Waals surface area contributed by atoms with Gasteiger partial charge in [-0.25, -0.2) is 17.5 Å². The average molecular weight is 440 g/mol. The van der Waals surface area contributed by atoms with Gasteiger partial charge in [-0.2, -0.15) is 0 Å². The average Bonchev–Trinajstić information content (AvgIpc) is 3.19. The monoisotopic (exact) mass is 439 g/mol. The number of anilines is 1. The fourth-order valence-electron chi connectivity index (χ4n) is 3.74. The SMILES string of the molecule is CC(C)N(C(=O)COC(=O)c1cc(S(=O)(=O)N(C)C)ccc1N1CCCC1)C(C)C. The molecule has 168 valence electrons. The molecule has 1 heterocycles. The Morgan fingerprint density at radius 1 is 1.07 bits per heavy atom. The van der Waals surface area contributed by atoms with Gasteiger partial charge in [-0.3, -0.25) is 4.79 Å². The Labute approximate surface area is 179 Å². The van der Waals surface area contributed by atoms with Crippen molar-refractivity contribution < 1.29 is 22.7 Å². The van der Waals surface area contributed by atoms with Gasteiger partial charge in [0.05, 0.1) is 16.1 Å². The molecule has 0 saturated carbocycles. The van der Waals surface area contributed by atoms with Crippen LogP contribution in [0.2, 0.25) is 0 Å². The van der Waals surface area contributed by atoms with Gasteiger partial charge in [0.2, 0.25) is 10.0 Å². The number of carbonyl (C=O) groups is 2. The fourth-order valence-corrected chi connectivity index (χ4v) is 4.66. The van der Waals surface area contributed by atoms with Gasteiger partial charge < -0.3 is 14.5 Å². The zero-order chi connectivity index (χ0) is 22.6. The van der Waals surface area contributed by atoms with E-state index in [9.17, 15) is 18.0 Å². The summed E-state index contributed by atoms with van der Waals surface area (Å²) in [6, 6.07) is 4.45. The summed E-state index contributed by atoms with van der Waals surface area (Å²) in [5.74, 6) is -0.985. The van der Waals surface area contributed by atoms with E-state index in [1.807, 2.05) is 32.6 Å². The van der Waals surface area contributed by atoms with E-state index in [2.05, 4.69) is 0 Å². The molecular weight excluding hydrogens is 406 g/mol. The summed E-state index contributed by atoms with van der Waals surface area (Å²) in [5.41, 5.74) is 0.792. The van der Waals surface area contributed by atoms with E-state index in [1.165, 1.54) is 26.2 Å². The second kappa shape index (κ2) is 9.78. The fraction of sp³-hybridized carbons (Fsp3) is 0.619. The lowest BCUT2D eigenvalue weighted by Crippen LogP contribution is -2.44. The second-order valence-electron chi connectivity index (χ2n) is 8.23. The highest BCUT2D eigenvalue weighted by atomic mass is 32.2. The molecule has 1 fully saturated rings. The first kappa shape index (κ1) is 24.1. The van der Waals surface area contributed by atoms with Crippen molar-refractivity contribution in [2.45, 2.75) is 57.5 Å². The standard InChI is InChI=1S/C21H33N3O5S/c1-15(2)24(16(3)4)20(25)14-29-21(26)18-13-17(30(27,28)22(5)6)9-10-19(18)23-11-7-8-12-23/h9-10,13,15-16H,7-8,11-12,14H2,1-6H3. The van der Waals surface area contributed by atoms with Crippen LogP contribution in [0, 0.1) is 0 Å². The number of amides is 1. The third kappa shape index (κ3) is 5.31. The zero-order valence-corrected chi connectivity index (χ0v) is 19.5. The Bertz CT molecular complexity index is 867. The van der Waals surface area contributed by atoms with Crippen LogP contribution in [0.4, 0.5) is 5.69 Å². The Balaban J connectivity index is 2.32. The van der Waals surface area contributed by atoms with E-state index in [0.717, 1.165) is 30.2 Å². The van der Waals surface area contributed by atoms with Gasteiger partial charge in [0, 0.05) is 39.3 Å². The van der Waals surface area contributed by atoms with Gasteiger partial charge in [0.25, 0.3) is 5.91 Å². The van der Waals surface area contributed by atoms with Crippen LogP contribution >= 0.6 is 0 Å². The van der Waals surface area contributed by atoms with Crippen LogP contribution in [0.15, 0.2) is 23.1 Å². The molecule has 0 aromatic heterocycles. The maximum Gasteiger partial charge on any atom is 0.340 e. The number of benzene rings is 1. The number of sulfonamides is 1. The van der Waals surface area contributed by atoms with E-state index >= 15 is 0 Å². The third-order valence-electron chi connectivity index (χ3n) is 5.14. The molecule has 8 nitrogen and oxygen atoms in total. The Morgan fingerprint density at radius 3 is 2.13 bits per heavy atom. The van der Waals surface area contributed by atoms with Crippen molar-refractivity contribution >= 4 is 27.6 Å². The summed E-state index contributed by atoms with van der Waals surface area (Å²) >= 11 is 0. The Morgan fingerprint density at radius 2 is 1.63 bits per heavy atom. The first-order chi connectivity index (χ1) is 14.0. The predicted molar refractivity (Wildman–Crippen MR) is 116 cm³/mol. The number of ether oxygens (including phenoxy) is 1. The Hall–Kier alpha value is -2.13. The molecule has 30 heavy (non-hydrogen) atoms. The Kier molecular flexibility index (Phi) is 7.87. The summed E-state index contributed by atoms with van der Waals surface area (Å²) in [6.45, 7) is 8.79. The number of carbonyl (C=O) groups excluding carboxylic acids is 2. The minimum Gasteiger partial charge on any atom is -0.452 e. The van der Waals surface area contributed by atoms with Crippen molar-refractivity contribution in [3.05, 3.63) is 23.8 Å². The topological polar surface area (TPSA) is 87.2 Å². The van der Waals surface area contributed by atoms with E-state index in [0.29, 0.717) is 5.69 Å². The van der Waals surface area contributed by atoms with Gasteiger partial charge in [-0.1, -0.05) is 0 Å². The molecule has 1 aliphatic rings. The number of hydrogen-bond donors (Lipinski definition) is 0. The maximum absolute atomic E-state index is 12.9. The zero-order valence-electron chi connectivity index (χ0n) is 18.7. The molecule has 0 bridgehead atoms. The van der Waals surface area contributed by atoms with Crippen LogP contribution in [-0.4, -0.2) is 75.4 Å². The van der Waals surface area contributed by atoms with Crippen molar-refractivity contribution in [2.24, 2.45) is 0 Å². The third-order valence-corrected chi connectivity index (χ3v) is 6.95.